The summed E-state index contributed by atoms with van der Waals surface area (Å²) in [6.07, 6.45) is 2.41. The van der Waals surface area contributed by atoms with Crippen molar-refractivity contribution in [2.24, 2.45) is 0 Å². The lowest BCUT2D eigenvalue weighted by Crippen LogP contribution is -2.19. The van der Waals surface area contributed by atoms with Crippen molar-refractivity contribution in [2.75, 3.05) is 23.3 Å². The molecule has 29 heavy (non-hydrogen) atoms. The third-order valence-corrected chi connectivity index (χ3v) is 4.67. The van der Waals surface area contributed by atoms with E-state index in [9.17, 15) is 13.2 Å². The molecule has 9 heteroatoms. The van der Waals surface area contributed by atoms with Gasteiger partial charge in [-0.25, -0.2) is 15.0 Å². The number of nitrogens with zero attached hydrogens (tertiary/aromatic N) is 5. The van der Waals surface area contributed by atoms with Crippen molar-refractivity contribution in [1.29, 1.82) is 0 Å². The van der Waals surface area contributed by atoms with Crippen molar-refractivity contribution in [3.8, 4) is 11.4 Å². The van der Waals surface area contributed by atoms with Gasteiger partial charge in [0.25, 0.3) is 0 Å². The van der Waals surface area contributed by atoms with Gasteiger partial charge >= 0.3 is 6.18 Å². The number of pyridine rings is 2. The molecule has 4 rings (SSSR count). The van der Waals surface area contributed by atoms with Gasteiger partial charge in [0.05, 0.1) is 0 Å². The monoisotopic (exact) mass is 400 g/mol. The molecular weight excluding hydrogens is 381 g/mol. The van der Waals surface area contributed by atoms with Gasteiger partial charge in [-0.2, -0.15) is 13.2 Å². The van der Waals surface area contributed by atoms with Crippen LogP contribution in [0.1, 0.15) is 24.1 Å². The van der Waals surface area contributed by atoms with Crippen LogP contribution in [-0.4, -0.2) is 33.0 Å². The van der Waals surface area contributed by atoms with E-state index in [-0.39, 0.29) is 11.6 Å². The van der Waals surface area contributed by atoms with Crippen LogP contribution in [0.15, 0.2) is 48.9 Å². The number of anilines is 2. The SMILES string of the molecule is FC(F)(F)c1cc(NCc2ccnc(N3CCCC3)c2)nc(-c2ccncc2)n1. The minimum absolute atomic E-state index is 0.00258. The molecular formula is C20H19F3N6. The van der Waals surface area contributed by atoms with Crippen LogP contribution in [0, 0.1) is 0 Å². The molecule has 4 heterocycles. The maximum atomic E-state index is 13.3. The zero-order valence-corrected chi connectivity index (χ0v) is 15.5. The summed E-state index contributed by atoms with van der Waals surface area (Å²) in [5.74, 6) is 0.994. The van der Waals surface area contributed by atoms with E-state index in [1.54, 1.807) is 18.3 Å². The fraction of sp³-hybridized carbons (Fsp3) is 0.300. The lowest BCUT2D eigenvalue weighted by atomic mass is 10.2. The van der Waals surface area contributed by atoms with Gasteiger partial charge in [-0.15, -0.1) is 0 Å². The van der Waals surface area contributed by atoms with E-state index >= 15 is 0 Å². The summed E-state index contributed by atoms with van der Waals surface area (Å²) < 4.78 is 39.9. The summed E-state index contributed by atoms with van der Waals surface area (Å²) in [5, 5.41) is 2.99. The Bertz CT molecular complexity index is 971. The maximum absolute atomic E-state index is 13.3. The van der Waals surface area contributed by atoms with Gasteiger partial charge in [-0.05, 0) is 42.7 Å². The van der Waals surface area contributed by atoms with Crippen molar-refractivity contribution >= 4 is 11.6 Å². The van der Waals surface area contributed by atoms with E-state index in [0.717, 1.165) is 43.4 Å². The third-order valence-electron chi connectivity index (χ3n) is 4.67. The normalized spacial score (nSPS) is 14.2. The number of halogens is 3. The van der Waals surface area contributed by atoms with Crippen molar-refractivity contribution in [2.45, 2.75) is 25.6 Å². The lowest BCUT2D eigenvalue weighted by Gasteiger charge is -2.17. The van der Waals surface area contributed by atoms with Crippen molar-refractivity contribution in [3.05, 3.63) is 60.2 Å². The molecule has 0 aromatic carbocycles. The molecule has 1 aliphatic heterocycles. The predicted octanol–water partition coefficient (Wildman–Crippen LogP) is 4.16. The average Bonchev–Trinajstić information content (AvgIpc) is 3.27. The zero-order chi connectivity index (χ0) is 20.3. The van der Waals surface area contributed by atoms with Gasteiger partial charge in [-0.3, -0.25) is 4.98 Å². The van der Waals surface area contributed by atoms with Gasteiger partial charge in [0.2, 0.25) is 0 Å². The minimum Gasteiger partial charge on any atom is -0.366 e. The second-order valence-corrected chi connectivity index (χ2v) is 6.77. The van der Waals surface area contributed by atoms with Crippen molar-refractivity contribution in [3.63, 3.8) is 0 Å². The van der Waals surface area contributed by atoms with E-state index in [1.807, 2.05) is 12.1 Å². The van der Waals surface area contributed by atoms with E-state index in [2.05, 4.69) is 30.2 Å². The van der Waals surface area contributed by atoms with Crippen LogP contribution in [0.25, 0.3) is 11.4 Å². The maximum Gasteiger partial charge on any atom is 0.433 e. The summed E-state index contributed by atoms with van der Waals surface area (Å²) in [6.45, 7) is 2.27. The Morgan fingerprint density at radius 1 is 0.966 bits per heavy atom. The molecule has 6 nitrogen and oxygen atoms in total. The molecule has 1 saturated heterocycles. The topological polar surface area (TPSA) is 66.8 Å². The summed E-state index contributed by atoms with van der Waals surface area (Å²) in [5.41, 5.74) is 0.392. The first-order chi connectivity index (χ1) is 14.0. The van der Waals surface area contributed by atoms with Crippen molar-refractivity contribution < 1.29 is 13.2 Å². The van der Waals surface area contributed by atoms with Crippen LogP contribution in [0.3, 0.4) is 0 Å². The van der Waals surface area contributed by atoms with E-state index in [0.29, 0.717) is 12.1 Å². The van der Waals surface area contributed by atoms with Gasteiger partial charge in [0.1, 0.15) is 11.6 Å². The summed E-state index contributed by atoms with van der Waals surface area (Å²) >= 11 is 0. The molecule has 0 atom stereocenters. The lowest BCUT2D eigenvalue weighted by molar-refractivity contribution is -0.141. The quantitative estimate of drug-likeness (QED) is 0.694. The highest BCUT2D eigenvalue weighted by Crippen LogP contribution is 2.31. The predicted molar refractivity (Wildman–Crippen MR) is 103 cm³/mol. The number of alkyl halides is 3. The van der Waals surface area contributed by atoms with E-state index in [1.165, 1.54) is 12.4 Å². The van der Waals surface area contributed by atoms with Crippen LogP contribution < -0.4 is 10.2 Å². The molecule has 1 fully saturated rings. The Hall–Kier alpha value is -3.23. The molecule has 3 aromatic rings. The summed E-state index contributed by atoms with van der Waals surface area (Å²) in [7, 11) is 0. The second kappa shape index (κ2) is 8.02. The number of nitrogens with one attached hydrogen (secondary N) is 1. The Morgan fingerprint density at radius 2 is 1.72 bits per heavy atom. The molecule has 0 aliphatic carbocycles. The Morgan fingerprint density at radius 3 is 2.45 bits per heavy atom. The highest BCUT2D eigenvalue weighted by atomic mass is 19.4. The molecule has 1 aliphatic rings. The van der Waals surface area contributed by atoms with Crippen LogP contribution in [0.2, 0.25) is 0 Å². The molecule has 0 amide bonds. The molecule has 3 aromatic heterocycles. The van der Waals surface area contributed by atoms with E-state index in [4.69, 9.17) is 0 Å². The van der Waals surface area contributed by atoms with Crippen LogP contribution in [0.4, 0.5) is 24.8 Å². The molecule has 0 saturated carbocycles. The number of aromatic nitrogens is 4. The van der Waals surface area contributed by atoms with Crippen LogP contribution in [0.5, 0.6) is 0 Å². The van der Waals surface area contributed by atoms with Crippen LogP contribution in [-0.2, 0) is 12.7 Å². The summed E-state index contributed by atoms with van der Waals surface area (Å²) in [6, 6.07) is 7.86. The fourth-order valence-corrected chi connectivity index (χ4v) is 3.20. The molecule has 0 bridgehead atoms. The first-order valence-electron chi connectivity index (χ1n) is 9.29. The number of hydrogen-bond donors (Lipinski definition) is 1. The van der Waals surface area contributed by atoms with Gasteiger partial charge in [0, 0.05) is 49.9 Å². The Balaban J connectivity index is 1.57. The molecule has 0 radical (unpaired) electrons. The number of hydrogen-bond acceptors (Lipinski definition) is 6. The largest absolute Gasteiger partial charge is 0.433 e. The molecule has 0 spiro atoms. The third kappa shape index (κ3) is 4.61. The number of rotatable bonds is 5. The summed E-state index contributed by atoms with van der Waals surface area (Å²) in [4.78, 5) is 18.4. The van der Waals surface area contributed by atoms with Crippen molar-refractivity contribution in [1.82, 2.24) is 19.9 Å². The molecule has 0 unspecified atom stereocenters. The second-order valence-electron chi connectivity index (χ2n) is 6.77. The van der Waals surface area contributed by atoms with Gasteiger partial charge in [0.15, 0.2) is 11.5 Å². The average molecular weight is 400 g/mol. The standard InChI is InChI=1S/C20H19F3N6/c21-20(22,23)16-12-17(28-19(27-16)15-4-6-24-7-5-15)26-13-14-3-8-25-18(11-14)29-9-1-2-10-29/h3-8,11-12H,1-2,9-10,13H2,(H,26,27,28). The first-order valence-corrected chi connectivity index (χ1v) is 9.29. The highest BCUT2D eigenvalue weighted by Gasteiger charge is 2.33. The highest BCUT2D eigenvalue weighted by molar-refractivity contribution is 5.57. The molecule has 150 valence electrons. The zero-order valence-electron chi connectivity index (χ0n) is 15.5. The van der Waals surface area contributed by atoms with Gasteiger partial charge < -0.3 is 10.2 Å². The van der Waals surface area contributed by atoms with E-state index < -0.39 is 11.9 Å². The Kier molecular flexibility index (Phi) is 5.28. The van der Waals surface area contributed by atoms with Crippen LogP contribution >= 0.6 is 0 Å². The smallest absolute Gasteiger partial charge is 0.366 e. The fourth-order valence-electron chi connectivity index (χ4n) is 3.20. The Labute approximate surface area is 165 Å². The molecule has 1 N–H and O–H groups in total. The van der Waals surface area contributed by atoms with Gasteiger partial charge in [-0.1, -0.05) is 0 Å². The first kappa shape index (κ1) is 19.1. The minimum atomic E-state index is -4.57.